The van der Waals surface area contributed by atoms with Gasteiger partial charge in [-0.15, -0.1) is 0 Å². The van der Waals surface area contributed by atoms with Crippen LogP contribution in [0.5, 0.6) is 23.0 Å². The number of benzene rings is 2. The molecule has 1 fully saturated rings. The molecular formula is C22H22F2N2O6. The summed E-state index contributed by atoms with van der Waals surface area (Å²) >= 11 is 0. The number of amides is 2. The van der Waals surface area contributed by atoms with Crippen LogP contribution >= 0.6 is 0 Å². The van der Waals surface area contributed by atoms with Gasteiger partial charge in [-0.2, -0.15) is 8.78 Å². The molecule has 10 heteroatoms. The van der Waals surface area contributed by atoms with Gasteiger partial charge in [0, 0.05) is 31.3 Å². The molecule has 0 unspecified atom stereocenters. The number of nitrogens with zero attached hydrogens (tertiary/aromatic N) is 1. The fraction of sp³-hybridized carbons (Fsp3) is 0.364. The Labute approximate surface area is 183 Å². The van der Waals surface area contributed by atoms with Crippen molar-refractivity contribution in [2.45, 2.75) is 19.5 Å². The summed E-state index contributed by atoms with van der Waals surface area (Å²) in [5.41, 5.74) is 1.45. The van der Waals surface area contributed by atoms with Crippen LogP contribution < -0.4 is 29.2 Å². The number of rotatable bonds is 8. The quantitative estimate of drug-likeness (QED) is 0.669. The minimum Gasteiger partial charge on any atom is -0.493 e. The Hall–Kier alpha value is -3.56. The van der Waals surface area contributed by atoms with Crippen molar-refractivity contribution < 1.29 is 37.3 Å². The minimum absolute atomic E-state index is 0.0524. The third-order valence-electron chi connectivity index (χ3n) is 5.32. The molecule has 0 saturated carbocycles. The predicted octanol–water partition coefficient (Wildman–Crippen LogP) is 2.74. The number of carbonyl (C=O) groups is 2. The smallest absolute Gasteiger partial charge is 0.387 e. The maximum absolute atomic E-state index is 12.6. The van der Waals surface area contributed by atoms with E-state index in [-0.39, 0.29) is 43.1 Å². The van der Waals surface area contributed by atoms with Crippen LogP contribution in [0.3, 0.4) is 0 Å². The average Bonchev–Trinajstić information content (AvgIpc) is 3.40. The van der Waals surface area contributed by atoms with Gasteiger partial charge in [-0.25, -0.2) is 0 Å². The van der Waals surface area contributed by atoms with Crippen LogP contribution in [0.4, 0.5) is 14.5 Å². The van der Waals surface area contributed by atoms with Gasteiger partial charge in [0.15, 0.2) is 23.0 Å². The fourth-order valence-corrected chi connectivity index (χ4v) is 3.72. The molecule has 170 valence electrons. The largest absolute Gasteiger partial charge is 0.493 e. The summed E-state index contributed by atoms with van der Waals surface area (Å²) in [6, 6.07) is 9.86. The van der Waals surface area contributed by atoms with Gasteiger partial charge in [-0.05, 0) is 36.2 Å². The topological polar surface area (TPSA) is 86.3 Å². The van der Waals surface area contributed by atoms with Gasteiger partial charge >= 0.3 is 6.61 Å². The lowest BCUT2D eigenvalue weighted by atomic mass is 10.1. The molecule has 2 aliphatic rings. The lowest BCUT2D eigenvalue weighted by molar-refractivity contribution is -0.126. The first kappa shape index (κ1) is 21.7. The maximum Gasteiger partial charge on any atom is 0.387 e. The zero-order valence-electron chi connectivity index (χ0n) is 17.3. The number of hydrogen-bond acceptors (Lipinski definition) is 6. The summed E-state index contributed by atoms with van der Waals surface area (Å²) in [4.78, 5) is 26.6. The van der Waals surface area contributed by atoms with E-state index in [1.54, 1.807) is 35.2 Å². The van der Waals surface area contributed by atoms with E-state index in [0.717, 1.165) is 5.56 Å². The summed E-state index contributed by atoms with van der Waals surface area (Å²) in [7, 11) is 1.36. The highest BCUT2D eigenvalue weighted by atomic mass is 19.3. The molecule has 2 aromatic rings. The van der Waals surface area contributed by atoms with E-state index in [9.17, 15) is 18.4 Å². The maximum atomic E-state index is 12.6. The molecule has 32 heavy (non-hydrogen) atoms. The van der Waals surface area contributed by atoms with Gasteiger partial charge < -0.3 is 29.2 Å². The van der Waals surface area contributed by atoms with Gasteiger partial charge in [0.05, 0.1) is 13.0 Å². The summed E-state index contributed by atoms with van der Waals surface area (Å²) in [5, 5.41) is 2.84. The molecule has 1 N–H and O–H groups in total. The SMILES string of the molecule is COc1cc(CCNC(=O)[C@@H]2CC(=O)N(c3ccc4c(c3)OCO4)C2)ccc1OC(F)F. The van der Waals surface area contributed by atoms with Gasteiger partial charge in [-0.3, -0.25) is 9.59 Å². The van der Waals surface area contributed by atoms with Crippen molar-refractivity contribution >= 4 is 17.5 Å². The van der Waals surface area contributed by atoms with Crippen molar-refractivity contribution in [1.29, 1.82) is 0 Å². The van der Waals surface area contributed by atoms with Crippen molar-refractivity contribution in [3.05, 3.63) is 42.0 Å². The normalized spacial score (nSPS) is 17.1. The Balaban J connectivity index is 1.31. The lowest BCUT2D eigenvalue weighted by Crippen LogP contribution is -2.34. The van der Waals surface area contributed by atoms with E-state index in [2.05, 4.69) is 10.1 Å². The van der Waals surface area contributed by atoms with Crippen molar-refractivity contribution in [2.75, 3.05) is 31.9 Å². The van der Waals surface area contributed by atoms with E-state index in [1.165, 1.54) is 13.2 Å². The molecule has 4 rings (SSSR count). The minimum atomic E-state index is -2.94. The standard InChI is InChI=1S/C22H22F2N2O6/c1-29-18-8-13(2-4-17(18)32-22(23)24)6-7-25-21(28)14-9-20(27)26(11-14)15-3-5-16-19(10-15)31-12-30-16/h2-5,8,10,14,22H,6-7,9,11-12H2,1H3,(H,25,28)/t14-/m1/s1. The van der Waals surface area contributed by atoms with Gasteiger partial charge in [-0.1, -0.05) is 6.07 Å². The number of nitrogens with one attached hydrogen (secondary N) is 1. The van der Waals surface area contributed by atoms with Crippen LogP contribution in [0.25, 0.3) is 0 Å². The number of hydrogen-bond donors (Lipinski definition) is 1. The highest BCUT2D eigenvalue weighted by Gasteiger charge is 2.35. The fourth-order valence-electron chi connectivity index (χ4n) is 3.72. The summed E-state index contributed by atoms with van der Waals surface area (Å²) in [5.74, 6) is 0.515. The molecular weight excluding hydrogens is 426 g/mol. The van der Waals surface area contributed by atoms with Crippen LogP contribution in [-0.2, 0) is 16.0 Å². The first-order valence-corrected chi connectivity index (χ1v) is 10.0. The summed E-state index contributed by atoms with van der Waals surface area (Å²) in [6.07, 6.45) is 0.581. The van der Waals surface area contributed by atoms with E-state index in [4.69, 9.17) is 14.2 Å². The first-order chi connectivity index (χ1) is 15.4. The third kappa shape index (κ3) is 4.68. The van der Waals surface area contributed by atoms with Crippen molar-refractivity contribution in [1.82, 2.24) is 5.32 Å². The second kappa shape index (κ2) is 9.29. The second-order valence-electron chi connectivity index (χ2n) is 7.35. The first-order valence-electron chi connectivity index (χ1n) is 10.0. The molecule has 2 aromatic carbocycles. The lowest BCUT2D eigenvalue weighted by Gasteiger charge is -2.17. The van der Waals surface area contributed by atoms with Crippen LogP contribution in [-0.4, -0.2) is 45.4 Å². The highest BCUT2D eigenvalue weighted by Crippen LogP contribution is 2.37. The predicted molar refractivity (Wildman–Crippen MR) is 109 cm³/mol. The number of alkyl halides is 2. The molecule has 0 radical (unpaired) electrons. The van der Waals surface area contributed by atoms with Crippen molar-refractivity contribution in [3.63, 3.8) is 0 Å². The van der Waals surface area contributed by atoms with E-state index in [1.807, 2.05) is 0 Å². The molecule has 2 heterocycles. The molecule has 1 saturated heterocycles. The molecule has 1 atom stereocenters. The van der Waals surface area contributed by atoms with Crippen molar-refractivity contribution in [2.24, 2.45) is 5.92 Å². The number of carbonyl (C=O) groups excluding carboxylic acids is 2. The number of fused-ring (bicyclic) bond motifs is 1. The van der Waals surface area contributed by atoms with E-state index in [0.29, 0.717) is 30.2 Å². The summed E-state index contributed by atoms with van der Waals surface area (Å²) in [6.45, 7) is -2.20. The number of methoxy groups -OCH3 is 1. The number of anilines is 1. The molecule has 8 nitrogen and oxygen atoms in total. The van der Waals surface area contributed by atoms with Gasteiger partial charge in [0.1, 0.15) is 0 Å². The molecule has 2 aliphatic heterocycles. The number of halogens is 2. The number of ether oxygens (including phenoxy) is 4. The van der Waals surface area contributed by atoms with Crippen LogP contribution in [0, 0.1) is 5.92 Å². The van der Waals surface area contributed by atoms with Crippen LogP contribution in [0.2, 0.25) is 0 Å². The Kier molecular flexibility index (Phi) is 6.29. The molecule has 0 aliphatic carbocycles. The monoisotopic (exact) mass is 448 g/mol. The Morgan fingerprint density at radius 3 is 2.78 bits per heavy atom. The Bertz CT molecular complexity index is 1020. The Morgan fingerprint density at radius 1 is 1.19 bits per heavy atom. The van der Waals surface area contributed by atoms with E-state index >= 15 is 0 Å². The second-order valence-corrected chi connectivity index (χ2v) is 7.35. The molecule has 0 spiro atoms. The van der Waals surface area contributed by atoms with Gasteiger partial charge in [0.2, 0.25) is 18.6 Å². The van der Waals surface area contributed by atoms with Crippen LogP contribution in [0.15, 0.2) is 36.4 Å². The molecule has 0 bridgehead atoms. The third-order valence-corrected chi connectivity index (χ3v) is 5.32. The van der Waals surface area contributed by atoms with Gasteiger partial charge in [0.25, 0.3) is 0 Å². The van der Waals surface area contributed by atoms with Crippen molar-refractivity contribution in [3.8, 4) is 23.0 Å². The Morgan fingerprint density at radius 2 is 2.00 bits per heavy atom. The zero-order chi connectivity index (χ0) is 22.7. The van der Waals surface area contributed by atoms with E-state index < -0.39 is 12.5 Å². The molecule has 2 amide bonds. The summed E-state index contributed by atoms with van der Waals surface area (Å²) < 4.78 is 45.0. The zero-order valence-corrected chi connectivity index (χ0v) is 17.3. The molecule has 0 aromatic heterocycles. The van der Waals surface area contributed by atoms with Crippen LogP contribution in [0.1, 0.15) is 12.0 Å². The average molecular weight is 448 g/mol. The highest BCUT2D eigenvalue weighted by molar-refractivity contribution is 6.00.